The van der Waals surface area contributed by atoms with Gasteiger partial charge in [0.1, 0.15) is 0 Å². The Labute approximate surface area is 132 Å². The van der Waals surface area contributed by atoms with Gasteiger partial charge in [-0.3, -0.25) is 0 Å². The molecule has 1 N–H and O–H groups in total. The molecule has 22 heavy (non-hydrogen) atoms. The Morgan fingerprint density at radius 1 is 0.727 bits per heavy atom. The Hall–Kier alpha value is -2.03. The highest BCUT2D eigenvalue weighted by Crippen LogP contribution is 2.73. The summed E-state index contributed by atoms with van der Waals surface area (Å²) < 4.78 is 0. The van der Waals surface area contributed by atoms with E-state index in [4.69, 9.17) is 0 Å². The first kappa shape index (κ1) is 13.6. The molecule has 0 saturated carbocycles. The van der Waals surface area contributed by atoms with Crippen LogP contribution in [0.5, 0.6) is 0 Å². The fourth-order valence-corrected chi connectivity index (χ4v) is 6.69. The molecule has 0 radical (unpaired) electrons. The molecule has 2 heteroatoms. The van der Waals surface area contributed by atoms with Crippen LogP contribution in [0.2, 0.25) is 0 Å². The van der Waals surface area contributed by atoms with Crippen LogP contribution in [0.1, 0.15) is 5.56 Å². The van der Waals surface area contributed by atoms with Crippen LogP contribution < -0.4 is 0 Å². The van der Waals surface area contributed by atoms with Crippen molar-refractivity contribution in [2.24, 2.45) is 0 Å². The van der Waals surface area contributed by atoms with Crippen LogP contribution in [0.15, 0.2) is 87.5 Å². The smallest absolute Gasteiger partial charge is 0.0681 e. The summed E-state index contributed by atoms with van der Waals surface area (Å²) in [5.74, 6) is 0. The average Bonchev–Trinajstić information content (AvgIpc) is 2.86. The first-order valence-electron chi connectivity index (χ1n) is 7.42. The fourth-order valence-electron chi connectivity index (χ4n) is 3.33. The molecular formula is C20H18OS. The third-order valence-corrected chi connectivity index (χ3v) is 8.21. The Morgan fingerprint density at radius 3 is 1.73 bits per heavy atom. The second-order valence-corrected chi connectivity index (χ2v) is 8.90. The minimum Gasteiger partial charge on any atom is -0.392 e. The fraction of sp³-hybridized carbons (Fsp3) is 0.100. The second kappa shape index (κ2) is 5.01. The molecule has 0 amide bonds. The molecule has 1 aliphatic rings. The van der Waals surface area contributed by atoms with Crippen LogP contribution in [-0.4, -0.2) is 11.4 Å². The van der Waals surface area contributed by atoms with Crippen LogP contribution in [0.25, 0.3) is 11.1 Å². The molecule has 110 valence electrons. The van der Waals surface area contributed by atoms with Gasteiger partial charge >= 0.3 is 0 Å². The Balaban J connectivity index is 2.00. The number of hydrogen-bond acceptors (Lipinski definition) is 1. The molecule has 3 aromatic rings. The zero-order valence-electron chi connectivity index (χ0n) is 12.5. The van der Waals surface area contributed by atoms with Crippen LogP contribution in [-0.2, 0) is 6.61 Å². The minimum absolute atomic E-state index is 0.0967. The maximum absolute atomic E-state index is 9.28. The maximum Gasteiger partial charge on any atom is 0.0681 e. The van der Waals surface area contributed by atoms with E-state index in [0.29, 0.717) is 0 Å². The normalized spacial score (nSPS) is 15.9. The second-order valence-electron chi connectivity index (χ2n) is 5.71. The molecule has 0 fully saturated rings. The maximum atomic E-state index is 9.28. The number of rotatable bonds is 2. The highest BCUT2D eigenvalue weighted by molar-refractivity contribution is 8.33. The third kappa shape index (κ3) is 1.78. The molecular weight excluding hydrogens is 288 g/mol. The summed E-state index contributed by atoms with van der Waals surface area (Å²) in [6.07, 6.45) is 2.38. The van der Waals surface area contributed by atoms with E-state index in [1.807, 2.05) is 12.1 Å². The monoisotopic (exact) mass is 306 g/mol. The van der Waals surface area contributed by atoms with E-state index in [0.717, 1.165) is 5.56 Å². The van der Waals surface area contributed by atoms with E-state index in [-0.39, 0.29) is 6.61 Å². The zero-order chi connectivity index (χ0) is 15.2. The number of hydrogen-bond donors (Lipinski definition) is 1. The summed E-state index contributed by atoms with van der Waals surface area (Å²) >= 11 is 0. The lowest BCUT2D eigenvalue weighted by Crippen LogP contribution is -1.98. The standard InChI is InChI=1S/C20H18OS/c1-22(16-12-10-15(14-21)11-13-16)19-8-4-2-6-17(19)18-7-3-5-9-20(18)22/h2-13,21H,14H2,1H3. The lowest BCUT2D eigenvalue weighted by Gasteiger charge is -2.34. The quantitative estimate of drug-likeness (QED) is 0.700. The molecule has 1 aliphatic heterocycles. The number of aliphatic hydroxyl groups excluding tert-OH is 1. The summed E-state index contributed by atoms with van der Waals surface area (Å²) in [6, 6.07) is 26.0. The van der Waals surface area contributed by atoms with Gasteiger partial charge in [0, 0.05) is 9.79 Å². The molecule has 0 atom stereocenters. The van der Waals surface area contributed by atoms with Crippen molar-refractivity contribution in [1.82, 2.24) is 0 Å². The van der Waals surface area contributed by atoms with E-state index in [2.05, 4.69) is 66.9 Å². The van der Waals surface area contributed by atoms with Crippen molar-refractivity contribution in [3.05, 3.63) is 78.4 Å². The predicted molar refractivity (Wildman–Crippen MR) is 92.6 cm³/mol. The van der Waals surface area contributed by atoms with Gasteiger partial charge in [-0.2, -0.15) is 10.0 Å². The van der Waals surface area contributed by atoms with Crippen molar-refractivity contribution >= 4 is 10.0 Å². The lowest BCUT2D eigenvalue weighted by atomic mass is 10.1. The lowest BCUT2D eigenvalue weighted by molar-refractivity contribution is 0.282. The summed E-state index contributed by atoms with van der Waals surface area (Å²) in [5, 5.41) is 9.28. The van der Waals surface area contributed by atoms with E-state index < -0.39 is 10.0 Å². The molecule has 1 heterocycles. The average molecular weight is 306 g/mol. The first-order chi connectivity index (χ1) is 10.7. The first-order valence-corrected chi connectivity index (χ1v) is 9.46. The Morgan fingerprint density at radius 2 is 1.23 bits per heavy atom. The zero-order valence-corrected chi connectivity index (χ0v) is 13.3. The van der Waals surface area contributed by atoms with Crippen molar-refractivity contribution in [3.8, 4) is 11.1 Å². The highest BCUT2D eigenvalue weighted by atomic mass is 32.3. The summed E-state index contributed by atoms with van der Waals surface area (Å²) in [5.41, 5.74) is 3.69. The topological polar surface area (TPSA) is 20.2 Å². The molecule has 0 bridgehead atoms. The van der Waals surface area contributed by atoms with Crippen molar-refractivity contribution in [2.75, 3.05) is 6.26 Å². The van der Waals surface area contributed by atoms with Crippen molar-refractivity contribution in [2.45, 2.75) is 21.3 Å². The third-order valence-electron chi connectivity index (χ3n) is 4.52. The van der Waals surface area contributed by atoms with Gasteiger partial charge < -0.3 is 5.11 Å². The Bertz CT molecular complexity index is 791. The van der Waals surface area contributed by atoms with Gasteiger partial charge in [-0.05, 0) is 52.1 Å². The molecule has 0 spiro atoms. The number of fused-ring (bicyclic) bond motifs is 3. The Kier molecular flexibility index (Phi) is 3.10. The van der Waals surface area contributed by atoms with Gasteiger partial charge in [0.2, 0.25) is 0 Å². The van der Waals surface area contributed by atoms with Gasteiger partial charge in [0.15, 0.2) is 0 Å². The van der Waals surface area contributed by atoms with E-state index in [9.17, 15) is 5.11 Å². The number of aliphatic hydroxyl groups is 1. The van der Waals surface area contributed by atoms with Crippen LogP contribution in [0, 0.1) is 0 Å². The molecule has 1 nitrogen and oxygen atoms in total. The molecule has 0 aromatic heterocycles. The van der Waals surface area contributed by atoms with Gasteiger partial charge in [-0.15, -0.1) is 0 Å². The molecule has 0 unspecified atom stereocenters. The van der Waals surface area contributed by atoms with E-state index in [1.54, 1.807) is 0 Å². The van der Waals surface area contributed by atoms with Crippen molar-refractivity contribution < 1.29 is 5.11 Å². The molecule has 4 rings (SSSR count). The summed E-state index contributed by atoms with van der Waals surface area (Å²) in [7, 11) is -1.21. The predicted octanol–water partition coefficient (Wildman–Crippen LogP) is 5.07. The summed E-state index contributed by atoms with van der Waals surface area (Å²) in [6.45, 7) is 0.0967. The van der Waals surface area contributed by atoms with Crippen LogP contribution in [0.3, 0.4) is 0 Å². The van der Waals surface area contributed by atoms with Gasteiger partial charge in [-0.1, -0.05) is 48.5 Å². The van der Waals surface area contributed by atoms with Gasteiger partial charge in [0.05, 0.1) is 6.61 Å². The van der Waals surface area contributed by atoms with Gasteiger partial charge in [0.25, 0.3) is 0 Å². The minimum atomic E-state index is -1.21. The van der Waals surface area contributed by atoms with Crippen molar-refractivity contribution in [1.29, 1.82) is 0 Å². The largest absolute Gasteiger partial charge is 0.392 e. The summed E-state index contributed by atoms with van der Waals surface area (Å²) in [4.78, 5) is 4.22. The van der Waals surface area contributed by atoms with Crippen molar-refractivity contribution in [3.63, 3.8) is 0 Å². The SMILES string of the molecule is CS1(c2ccc(CO)cc2)c2ccccc2-c2ccccc21. The molecule has 0 saturated heterocycles. The van der Waals surface area contributed by atoms with Crippen LogP contribution >= 0.6 is 10.0 Å². The number of benzene rings is 3. The molecule has 3 aromatic carbocycles. The van der Waals surface area contributed by atoms with Gasteiger partial charge in [-0.25, -0.2) is 0 Å². The van der Waals surface area contributed by atoms with E-state index >= 15 is 0 Å². The van der Waals surface area contributed by atoms with Crippen LogP contribution in [0.4, 0.5) is 0 Å². The highest BCUT2D eigenvalue weighted by Gasteiger charge is 2.35. The molecule has 0 aliphatic carbocycles. The van der Waals surface area contributed by atoms with E-state index in [1.165, 1.54) is 25.8 Å².